The van der Waals surface area contributed by atoms with Gasteiger partial charge < -0.3 is 52.5 Å². The standard InChI is InChI=1S/C41H66N2O11/c1-9-13-45-15-16-46-19-21-51-36-23-32(11-12-35(36)53-30-40(5,6)27-48-14-10-2)42-43-33-24-37-38(25-34(33)44)54-31-41(7,8)29-50-28-39(3,4)26-49-18-17-47-20-22-52-37/h11-12,23-25,44H,9-10,13-22,26-31H2,1-8H3. The molecule has 0 aromatic heterocycles. The number of azo groups is 1. The van der Waals surface area contributed by atoms with Gasteiger partial charge in [-0.05, 0) is 25.0 Å². The van der Waals surface area contributed by atoms with Gasteiger partial charge in [-0.2, -0.15) is 5.11 Å². The van der Waals surface area contributed by atoms with Crippen LogP contribution in [-0.2, 0) is 28.4 Å². The van der Waals surface area contributed by atoms with Crippen LogP contribution >= 0.6 is 0 Å². The van der Waals surface area contributed by atoms with Gasteiger partial charge in [0.2, 0.25) is 0 Å². The van der Waals surface area contributed by atoms with Crippen molar-refractivity contribution in [3.05, 3.63) is 30.3 Å². The summed E-state index contributed by atoms with van der Waals surface area (Å²) in [7, 11) is 0. The lowest BCUT2D eigenvalue weighted by atomic mass is 9.94. The Morgan fingerprint density at radius 3 is 2.02 bits per heavy atom. The van der Waals surface area contributed by atoms with E-state index < -0.39 is 0 Å². The van der Waals surface area contributed by atoms with Crippen LogP contribution < -0.4 is 18.9 Å². The zero-order valence-electron chi connectivity index (χ0n) is 34.0. The summed E-state index contributed by atoms with van der Waals surface area (Å²) in [6.07, 6.45) is 1.93. The summed E-state index contributed by atoms with van der Waals surface area (Å²) in [6.45, 7) is 24.3. The van der Waals surface area contributed by atoms with Crippen molar-refractivity contribution in [2.75, 3.05) is 106 Å². The lowest BCUT2D eigenvalue weighted by molar-refractivity contribution is -0.0420. The Balaban J connectivity index is 1.78. The molecule has 0 unspecified atom stereocenters. The normalized spacial score (nSPS) is 17.3. The smallest absolute Gasteiger partial charge is 0.165 e. The topological polar surface area (TPSA) is 137 Å². The molecule has 1 aliphatic rings. The zero-order chi connectivity index (χ0) is 39.3. The molecule has 1 heterocycles. The summed E-state index contributed by atoms with van der Waals surface area (Å²) in [5.74, 6) is 1.74. The van der Waals surface area contributed by atoms with Crippen molar-refractivity contribution in [3.8, 4) is 28.7 Å². The van der Waals surface area contributed by atoms with Crippen LogP contribution in [0.1, 0.15) is 68.2 Å². The van der Waals surface area contributed by atoms with Crippen molar-refractivity contribution >= 4 is 11.4 Å². The molecular formula is C41H66N2O11. The van der Waals surface area contributed by atoms with Crippen LogP contribution in [0.2, 0.25) is 0 Å². The Bertz CT molecular complexity index is 1380. The van der Waals surface area contributed by atoms with E-state index in [9.17, 15) is 5.11 Å². The maximum atomic E-state index is 11.0. The molecule has 0 saturated heterocycles. The van der Waals surface area contributed by atoms with Crippen LogP contribution in [0.15, 0.2) is 40.6 Å². The third-order valence-electron chi connectivity index (χ3n) is 7.86. The molecule has 2 aromatic rings. The number of rotatable bonds is 18. The summed E-state index contributed by atoms with van der Waals surface area (Å²) < 4.78 is 59.2. The van der Waals surface area contributed by atoms with Crippen molar-refractivity contribution in [3.63, 3.8) is 0 Å². The third kappa shape index (κ3) is 18.0. The fraction of sp³-hybridized carbons (Fsp3) is 0.707. The van der Waals surface area contributed by atoms with Crippen molar-refractivity contribution in [1.29, 1.82) is 0 Å². The third-order valence-corrected chi connectivity index (χ3v) is 7.86. The predicted octanol–water partition coefficient (Wildman–Crippen LogP) is 8.33. The minimum absolute atomic E-state index is 0.111. The average Bonchev–Trinajstić information content (AvgIpc) is 3.12. The van der Waals surface area contributed by atoms with E-state index in [1.807, 2.05) is 0 Å². The Hall–Kier alpha value is -3.20. The number of phenolic OH excluding ortho intramolecular Hbond substituents is 1. The molecule has 1 aliphatic heterocycles. The maximum absolute atomic E-state index is 11.0. The van der Waals surface area contributed by atoms with Gasteiger partial charge in [0.25, 0.3) is 0 Å². The fourth-order valence-electron chi connectivity index (χ4n) is 4.97. The number of hydrogen-bond acceptors (Lipinski definition) is 13. The summed E-state index contributed by atoms with van der Waals surface area (Å²) >= 11 is 0. The van der Waals surface area contributed by atoms with Gasteiger partial charge >= 0.3 is 0 Å². The molecule has 54 heavy (non-hydrogen) atoms. The van der Waals surface area contributed by atoms with Crippen LogP contribution in [0, 0.1) is 16.2 Å². The molecular weight excluding hydrogens is 696 g/mol. The van der Waals surface area contributed by atoms with Crippen molar-refractivity contribution in [2.45, 2.75) is 68.2 Å². The molecule has 0 radical (unpaired) electrons. The quantitative estimate of drug-likeness (QED) is 0.116. The van der Waals surface area contributed by atoms with E-state index in [4.69, 9.17) is 47.4 Å². The summed E-state index contributed by atoms with van der Waals surface area (Å²) in [5, 5.41) is 19.8. The van der Waals surface area contributed by atoms with E-state index in [0.717, 1.165) is 12.8 Å². The molecule has 0 bridgehead atoms. The molecule has 0 fully saturated rings. The van der Waals surface area contributed by atoms with Crippen molar-refractivity contribution in [1.82, 2.24) is 0 Å². The number of ether oxygens (including phenoxy) is 10. The first kappa shape index (κ1) is 45.2. The fourth-order valence-corrected chi connectivity index (χ4v) is 4.97. The van der Waals surface area contributed by atoms with Gasteiger partial charge in [-0.3, -0.25) is 0 Å². The maximum Gasteiger partial charge on any atom is 0.165 e. The average molecular weight is 763 g/mol. The number of nitrogens with zero attached hydrogens (tertiary/aromatic N) is 2. The highest BCUT2D eigenvalue weighted by Gasteiger charge is 2.25. The second-order valence-electron chi connectivity index (χ2n) is 15.8. The highest BCUT2D eigenvalue weighted by molar-refractivity contribution is 5.61. The minimum Gasteiger partial charge on any atom is -0.505 e. The molecule has 0 aliphatic carbocycles. The molecule has 0 saturated carbocycles. The van der Waals surface area contributed by atoms with Gasteiger partial charge in [-0.25, -0.2) is 0 Å². The molecule has 0 atom stereocenters. The van der Waals surface area contributed by atoms with Crippen LogP contribution in [0.3, 0.4) is 0 Å². The number of phenols is 1. The molecule has 1 N–H and O–H groups in total. The lowest BCUT2D eigenvalue weighted by Gasteiger charge is -2.29. The molecule has 0 spiro atoms. The first-order valence-electron chi connectivity index (χ1n) is 19.2. The summed E-state index contributed by atoms with van der Waals surface area (Å²) in [4.78, 5) is 0. The first-order chi connectivity index (χ1) is 25.8. The minimum atomic E-state index is -0.317. The lowest BCUT2D eigenvalue weighted by Crippen LogP contribution is -2.32. The molecule has 306 valence electrons. The highest BCUT2D eigenvalue weighted by Crippen LogP contribution is 2.41. The van der Waals surface area contributed by atoms with E-state index in [2.05, 4.69) is 65.6 Å². The van der Waals surface area contributed by atoms with Gasteiger partial charge in [0, 0.05) is 47.7 Å². The molecule has 0 amide bonds. The van der Waals surface area contributed by atoms with Gasteiger partial charge in [0.15, 0.2) is 23.0 Å². The Kier molecular flexibility index (Phi) is 19.8. The molecule has 3 rings (SSSR count). The van der Waals surface area contributed by atoms with Crippen LogP contribution in [0.5, 0.6) is 28.7 Å². The Morgan fingerprint density at radius 1 is 0.630 bits per heavy atom. The number of benzene rings is 2. The predicted molar refractivity (Wildman–Crippen MR) is 208 cm³/mol. The highest BCUT2D eigenvalue weighted by atomic mass is 16.6. The van der Waals surface area contributed by atoms with E-state index >= 15 is 0 Å². The van der Waals surface area contributed by atoms with E-state index in [1.165, 1.54) is 6.07 Å². The summed E-state index contributed by atoms with van der Waals surface area (Å²) in [6, 6.07) is 8.44. The molecule has 2 aromatic carbocycles. The number of fused-ring (bicyclic) bond motifs is 1. The van der Waals surface area contributed by atoms with E-state index in [0.29, 0.717) is 128 Å². The van der Waals surface area contributed by atoms with Crippen LogP contribution in [0.25, 0.3) is 0 Å². The first-order valence-corrected chi connectivity index (χ1v) is 19.2. The van der Waals surface area contributed by atoms with Crippen LogP contribution in [-0.4, -0.2) is 111 Å². The van der Waals surface area contributed by atoms with Gasteiger partial charge in [0.1, 0.15) is 24.7 Å². The van der Waals surface area contributed by atoms with Gasteiger partial charge in [-0.1, -0.05) is 55.4 Å². The number of hydrogen-bond donors (Lipinski definition) is 1. The molecule has 13 nitrogen and oxygen atoms in total. The van der Waals surface area contributed by atoms with Gasteiger partial charge in [0.05, 0.1) is 85.0 Å². The van der Waals surface area contributed by atoms with Crippen molar-refractivity contribution < 1.29 is 52.5 Å². The van der Waals surface area contributed by atoms with E-state index in [1.54, 1.807) is 24.3 Å². The monoisotopic (exact) mass is 762 g/mol. The molecule has 13 heteroatoms. The second-order valence-corrected chi connectivity index (χ2v) is 15.8. The second kappa shape index (κ2) is 23.7. The van der Waals surface area contributed by atoms with Crippen molar-refractivity contribution in [2.24, 2.45) is 26.5 Å². The van der Waals surface area contributed by atoms with Gasteiger partial charge in [-0.15, -0.1) is 5.11 Å². The Labute approximate surface area is 322 Å². The van der Waals surface area contributed by atoms with Crippen LogP contribution in [0.4, 0.5) is 11.4 Å². The number of aromatic hydroxyl groups is 1. The summed E-state index contributed by atoms with van der Waals surface area (Å²) in [5.41, 5.74) is 0.0345. The Morgan fingerprint density at radius 2 is 1.26 bits per heavy atom. The van der Waals surface area contributed by atoms with E-state index in [-0.39, 0.29) is 34.3 Å². The SMILES string of the molecule is CCCOCCOCCOc1cc(N=Nc2cc3c(cc2O)OCC(C)(C)COCC(C)(C)COCCOCCO3)ccc1OCC(C)(C)COCCC. The largest absolute Gasteiger partial charge is 0.505 e. The zero-order valence-corrected chi connectivity index (χ0v) is 34.0.